The predicted molar refractivity (Wildman–Crippen MR) is 172 cm³/mol. The number of rotatable bonds is 8. The lowest BCUT2D eigenvalue weighted by atomic mass is 10.0. The summed E-state index contributed by atoms with van der Waals surface area (Å²) in [6, 6.07) is 27.7. The molecule has 0 aromatic heterocycles. The summed E-state index contributed by atoms with van der Waals surface area (Å²) in [5, 5.41) is 16.9. The maximum absolute atomic E-state index is 12.7. The monoisotopic (exact) mass is 564 g/mol. The second-order valence-electron chi connectivity index (χ2n) is 10.4. The van der Waals surface area contributed by atoms with Crippen LogP contribution in [0.3, 0.4) is 0 Å². The highest BCUT2D eigenvalue weighted by Crippen LogP contribution is 2.25. The number of carbonyl (C=O) groups excluding carboxylic acids is 3. The molecule has 0 unspecified atom stereocenters. The molecule has 4 aromatic rings. The van der Waals surface area contributed by atoms with Crippen molar-refractivity contribution >= 4 is 52.2 Å². The minimum absolute atomic E-state index is 0.258. The molecule has 0 saturated carbocycles. The molecule has 0 aliphatic rings. The molecular formula is C33H36N6O3. The molecule has 6 amide bonds. The minimum atomic E-state index is -0.477. The van der Waals surface area contributed by atoms with Crippen LogP contribution in [0.2, 0.25) is 0 Å². The van der Waals surface area contributed by atoms with Gasteiger partial charge in [0, 0.05) is 34.1 Å². The summed E-state index contributed by atoms with van der Waals surface area (Å²) in [6.45, 7) is 8.26. The summed E-state index contributed by atoms with van der Waals surface area (Å²) in [5.74, 6) is 0.516. The van der Waals surface area contributed by atoms with Gasteiger partial charge in [-0.1, -0.05) is 76.2 Å². The molecule has 4 rings (SSSR count). The van der Waals surface area contributed by atoms with E-state index in [0.29, 0.717) is 22.7 Å². The topological polar surface area (TPSA) is 123 Å². The normalized spacial score (nSPS) is 10.6. The molecule has 0 aliphatic carbocycles. The van der Waals surface area contributed by atoms with Crippen molar-refractivity contribution in [2.24, 2.45) is 0 Å². The Labute approximate surface area is 246 Å². The summed E-state index contributed by atoms with van der Waals surface area (Å²) in [4.78, 5) is 38.0. The fraction of sp³-hybridized carbons (Fsp3) is 0.182. The Hall–Kier alpha value is -5.31. The van der Waals surface area contributed by atoms with Crippen LogP contribution in [0.25, 0.3) is 0 Å². The van der Waals surface area contributed by atoms with E-state index in [4.69, 9.17) is 0 Å². The van der Waals surface area contributed by atoms with Gasteiger partial charge in [0.2, 0.25) is 0 Å². The number of para-hydroxylation sites is 2. The summed E-state index contributed by atoms with van der Waals surface area (Å²) >= 11 is 0. The Kier molecular flexibility index (Phi) is 9.78. The van der Waals surface area contributed by atoms with Gasteiger partial charge in [0.15, 0.2) is 0 Å². The molecule has 4 aromatic carbocycles. The van der Waals surface area contributed by atoms with Gasteiger partial charge in [0.1, 0.15) is 0 Å². The second kappa shape index (κ2) is 13.8. The van der Waals surface area contributed by atoms with E-state index in [1.165, 1.54) is 0 Å². The van der Waals surface area contributed by atoms with Gasteiger partial charge in [-0.25, -0.2) is 14.4 Å². The van der Waals surface area contributed by atoms with Crippen molar-refractivity contribution in [3.63, 3.8) is 0 Å². The van der Waals surface area contributed by atoms with Gasteiger partial charge in [0.05, 0.1) is 0 Å². The number of hydrogen-bond donors (Lipinski definition) is 6. The van der Waals surface area contributed by atoms with E-state index in [1.54, 1.807) is 48.5 Å². The maximum atomic E-state index is 12.7. The lowest BCUT2D eigenvalue weighted by Gasteiger charge is -2.15. The molecule has 9 nitrogen and oxygen atoms in total. The van der Waals surface area contributed by atoms with Crippen molar-refractivity contribution in [2.75, 3.05) is 31.9 Å². The number of carbonyl (C=O) groups is 3. The third kappa shape index (κ3) is 8.34. The van der Waals surface area contributed by atoms with E-state index < -0.39 is 6.03 Å². The molecule has 0 saturated heterocycles. The molecule has 42 heavy (non-hydrogen) atoms. The van der Waals surface area contributed by atoms with Crippen LogP contribution < -0.4 is 31.9 Å². The van der Waals surface area contributed by atoms with Crippen LogP contribution >= 0.6 is 0 Å². The standard InChI is InChI=1S/C33H36N6O3/c1-21(2)27-15-5-7-17-29(27)38-32(41)36-25-13-9-11-23(19-25)34-31(40)35-24-12-10-14-26(20-24)37-33(42)39-30-18-8-6-16-28(30)22(3)4/h5-22H,1-4H3,(H2,34,35,40)(H2,36,38,41)(H2,37,39,42). The number of urea groups is 3. The fourth-order valence-electron chi connectivity index (χ4n) is 4.44. The third-order valence-corrected chi connectivity index (χ3v) is 6.42. The van der Waals surface area contributed by atoms with Crippen molar-refractivity contribution in [3.8, 4) is 0 Å². The number of amides is 6. The van der Waals surface area contributed by atoms with E-state index in [2.05, 4.69) is 59.6 Å². The third-order valence-electron chi connectivity index (χ3n) is 6.42. The van der Waals surface area contributed by atoms with Crippen LogP contribution in [0.1, 0.15) is 50.7 Å². The molecule has 0 aliphatic heterocycles. The molecule has 216 valence electrons. The first-order valence-electron chi connectivity index (χ1n) is 13.8. The molecule has 0 radical (unpaired) electrons. The highest BCUT2D eigenvalue weighted by atomic mass is 16.2. The Morgan fingerprint density at radius 3 is 1.07 bits per heavy atom. The van der Waals surface area contributed by atoms with Crippen LogP contribution in [-0.2, 0) is 0 Å². The van der Waals surface area contributed by atoms with Gasteiger partial charge < -0.3 is 31.9 Å². The average Bonchev–Trinajstić information content (AvgIpc) is 2.93. The van der Waals surface area contributed by atoms with Crippen molar-refractivity contribution in [2.45, 2.75) is 39.5 Å². The van der Waals surface area contributed by atoms with E-state index >= 15 is 0 Å². The highest BCUT2D eigenvalue weighted by Gasteiger charge is 2.12. The first kappa shape index (κ1) is 29.7. The van der Waals surface area contributed by atoms with Gasteiger partial charge in [-0.15, -0.1) is 0 Å². The van der Waals surface area contributed by atoms with Crippen molar-refractivity contribution in [3.05, 3.63) is 108 Å². The largest absolute Gasteiger partial charge is 0.323 e. The zero-order chi connectivity index (χ0) is 30.1. The first-order chi connectivity index (χ1) is 20.2. The Balaban J connectivity index is 1.32. The Morgan fingerprint density at radius 2 is 0.738 bits per heavy atom. The second-order valence-corrected chi connectivity index (χ2v) is 10.4. The minimum Gasteiger partial charge on any atom is -0.308 e. The van der Waals surface area contributed by atoms with E-state index in [1.807, 2.05) is 48.5 Å². The van der Waals surface area contributed by atoms with Crippen molar-refractivity contribution in [1.29, 1.82) is 0 Å². The zero-order valence-electron chi connectivity index (χ0n) is 24.1. The lowest BCUT2D eigenvalue weighted by Crippen LogP contribution is -2.22. The molecule has 6 N–H and O–H groups in total. The van der Waals surface area contributed by atoms with Gasteiger partial charge >= 0.3 is 18.1 Å². The summed E-state index contributed by atoms with van der Waals surface area (Å²) in [7, 11) is 0. The van der Waals surface area contributed by atoms with Gasteiger partial charge in [-0.05, 0) is 71.5 Å². The molecule has 0 spiro atoms. The SMILES string of the molecule is CC(C)c1ccccc1NC(=O)Nc1cccc(NC(=O)Nc2cccc(NC(=O)Nc3ccccc3C(C)C)c2)c1. The van der Waals surface area contributed by atoms with E-state index in [0.717, 1.165) is 22.5 Å². The smallest absolute Gasteiger partial charge is 0.308 e. The number of anilines is 6. The van der Waals surface area contributed by atoms with Crippen LogP contribution in [-0.4, -0.2) is 18.1 Å². The van der Waals surface area contributed by atoms with Crippen LogP contribution in [0.4, 0.5) is 48.5 Å². The molecular weight excluding hydrogens is 528 g/mol. The van der Waals surface area contributed by atoms with Gasteiger partial charge in [-0.2, -0.15) is 0 Å². The Morgan fingerprint density at radius 1 is 0.429 bits per heavy atom. The van der Waals surface area contributed by atoms with Crippen LogP contribution in [0.5, 0.6) is 0 Å². The number of hydrogen-bond acceptors (Lipinski definition) is 3. The zero-order valence-corrected chi connectivity index (χ0v) is 24.1. The number of benzene rings is 4. The average molecular weight is 565 g/mol. The quantitative estimate of drug-likeness (QED) is 0.128. The van der Waals surface area contributed by atoms with Crippen LogP contribution in [0, 0.1) is 0 Å². The molecule has 9 heteroatoms. The molecule has 0 bridgehead atoms. The first-order valence-corrected chi connectivity index (χ1v) is 13.8. The molecule has 0 heterocycles. The highest BCUT2D eigenvalue weighted by molar-refractivity contribution is 6.03. The molecule has 0 atom stereocenters. The predicted octanol–water partition coefficient (Wildman–Crippen LogP) is 8.87. The fourth-order valence-corrected chi connectivity index (χ4v) is 4.44. The maximum Gasteiger partial charge on any atom is 0.323 e. The lowest BCUT2D eigenvalue weighted by molar-refractivity contribution is 0.261. The summed E-state index contributed by atoms with van der Waals surface area (Å²) < 4.78 is 0. The Bertz CT molecular complexity index is 1450. The van der Waals surface area contributed by atoms with E-state index in [9.17, 15) is 14.4 Å². The number of nitrogens with one attached hydrogen (secondary N) is 6. The summed E-state index contributed by atoms with van der Waals surface area (Å²) in [6.07, 6.45) is 0. The van der Waals surface area contributed by atoms with Crippen molar-refractivity contribution < 1.29 is 14.4 Å². The molecule has 0 fully saturated rings. The van der Waals surface area contributed by atoms with Crippen molar-refractivity contribution in [1.82, 2.24) is 0 Å². The summed E-state index contributed by atoms with van der Waals surface area (Å²) in [5.41, 5.74) is 5.58. The van der Waals surface area contributed by atoms with Crippen LogP contribution in [0.15, 0.2) is 97.1 Å². The van der Waals surface area contributed by atoms with Gasteiger partial charge in [-0.3, -0.25) is 0 Å². The van der Waals surface area contributed by atoms with Gasteiger partial charge in [0.25, 0.3) is 0 Å². The van der Waals surface area contributed by atoms with E-state index in [-0.39, 0.29) is 23.9 Å².